The van der Waals surface area contributed by atoms with Crippen LogP contribution in [0, 0.1) is 23.7 Å². The average Bonchev–Trinajstić information content (AvgIpc) is 2.92. The Morgan fingerprint density at radius 3 is 2.19 bits per heavy atom. The molecular formula is C13H17NO2. The van der Waals surface area contributed by atoms with Crippen LogP contribution < -0.4 is 0 Å². The molecule has 2 fully saturated rings. The summed E-state index contributed by atoms with van der Waals surface area (Å²) in [6.45, 7) is 3.98. The highest BCUT2D eigenvalue weighted by Crippen LogP contribution is 2.52. The molecule has 0 spiro atoms. The number of nitrogens with zero attached hydrogens (tertiary/aromatic N) is 1. The largest absolute Gasteiger partial charge is 0.279 e. The van der Waals surface area contributed by atoms with Crippen molar-refractivity contribution in [2.75, 3.05) is 0 Å². The van der Waals surface area contributed by atoms with Crippen molar-refractivity contribution in [1.82, 2.24) is 4.90 Å². The number of carbonyl (C=O) groups excluding carboxylic acids is 2. The van der Waals surface area contributed by atoms with Gasteiger partial charge >= 0.3 is 0 Å². The van der Waals surface area contributed by atoms with Crippen molar-refractivity contribution in [3.8, 4) is 0 Å². The summed E-state index contributed by atoms with van der Waals surface area (Å²) >= 11 is 0. The van der Waals surface area contributed by atoms with Gasteiger partial charge in [-0.25, -0.2) is 0 Å². The van der Waals surface area contributed by atoms with E-state index in [1.54, 1.807) is 0 Å². The maximum Gasteiger partial charge on any atom is 0.233 e. The van der Waals surface area contributed by atoms with E-state index >= 15 is 0 Å². The lowest BCUT2D eigenvalue weighted by atomic mass is 9.85. The zero-order chi connectivity index (χ0) is 11.4. The first-order valence-electron chi connectivity index (χ1n) is 6.20. The molecule has 3 aliphatic rings. The molecule has 5 unspecified atom stereocenters. The van der Waals surface area contributed by atoms with Crippen LogP contribution in [0.1, 0.15) is 26.7 Å². The Hall–Kier alpha value is -1.12. The monoisotopic (exact) mass is 219 g/mol. The lowest BCUT2D eigenvalue weighted by molar-refractivity contribution is -0.143. The maximum atomic E-state index is 12.3. The van der Waals surface area contributed by atoms with Gasteiger partial charge in [0, 0.05) is 6.04 Å². The summed E-state index contributed by atoms with van der Waals surface area (Å²) in [5.41, 5.74) is 0. The number of likely N-dealkylation sites (tertiary alicyclic amines) is 1. The molecule has 0 radical (unpaired) electrons. The number of allylic oxidation sites excluding steroid dienone is 2. The Morgan fingerprint density at radius 2 is 1.75 bits per heavy atom. The van der Waals surface area contributed by atoms with Crippen LogP contribution in [0.2, 0.25) is 0 Å². The lowest BCUT2D eigenvalue weighted by Gasteiger charge is -2.23. The molecule has 2 aliphatic carbocycles. The van der Waals surface area contributed by atoms with Crippen molar-refractivity contribution in [3.05, 3.63) is 12.2 Å². The summed E-state index contributed by atoms with van der Waals surface area (Å²) in [5, 5.41) is 0. The summed E-state index contributed by atoms with van der Waals surface area (Å²) < 4.78 is 0. The normalized spacial score (nSPS) is 42.0. The molecule has 3 nitrogen and oxygen atoms in total. The van der Waals surface area contributed by atoms with Gasteiger partial charge in [-0.05, 0) is 31.6 Å². The molecule has 1 heterocycles. The van der Waals surface area contributed by atoms with Gasteiger partial charge in [-0.2, -0.15) is 0 Å². The molecule has 0 aromatic heterocycles. The van der Waals surface area contributed by atoms with E-state index in [4.69, 9.17) is 0 Å². The molecule has 2 bridgehead atoms. The minimum Gasteiger partial charge on any atom is -0.279 e. The zero-order valence-electron chi connectivity index (χ0n) is 9.72. The second-order valence-corrected chi connectivity index (χ2v) is 5.30. The molecule has 0 N–H and O–H groups in total. The van der Waals surface area contributed by atoms with E-state index in [2.05, 4.69) is 12.2 Å². The fourth-order valence-electron chi connectivity index (χ4n) is 3.54. The van der Waals surface area contributed by atoms with Gasteiger partial charge in [-0.15, -0.1) is 0 Å². The van der Waals surface area contributed by atoms with Gasteiger partial charge in [0.05, 0.1) is 11.8 Å². The second kappa shape index (κ2) is 3.19. The van der Waals surface area contributed by atoms with Crippen molar-refractivity contribution < 1.29 is 9.59 Å². The van der Waals surface area contributed by atoms with Crippen LogP contribution in [0.5, 0.6) is 0 Å². The molecule has 3 rings (SSSR count). The molecular weight excluding hydrogens is 202 g/mol. The Labute approximate surface area is 95.5 Å². The predicted octanol–water partition coefficient (Wildman–Crippen LogP) is 1.59. The first-order valence-corrected chi connectivity index (χ1v) is 6.20. The Kier molecular flexibility index (Phi) is 2.00. The van der Waals surface area contributed by atoms with Crippen LogP contribution in [-0.4, -0.2) is 22.8 Å². The molecule has 1 saturated carbocycles. The lowest BCUT2D eigenvalue weighted by Crippen LogP contribution is -2.39. The van der Waals surface area contributed by atoms with Crippen LogP contribution >= 0.6 is 0 Å². The van der Waals surface area contributed by atoms with E-state index in [9.17, 15) is 9.59 Å². The fraction of sp³-hybridized carbons (Fsp3) is 0.692. The van der Waals surface area contributed by atoms with Gasteiger partial charge < -0.3 is 0 Å². The number of carbonyl (C=O) groups is 2. The highest BCUT2D eigenvalue weighted by Gasteiger charge is 2.59. The standard InChI is InChI=1S/C13H17NO2/c1-3-7(2)14-12(15)10-8-4-5-9(6-8)11(10)13(14)16/h4-5,7-11H,3,6H2,1-2H3. The minimum atomic E-state index is -0.0310. The van der Waals surface area contributed by atoms with Crippen LogP contribution in [0.25, 0.3) is 0 Å². The topological polar surface area (TPSA) is 37.4 Å². The van der Waals surface area contributed by atoms with Crippen LogP contribution in [-0.2, 0) is 9.59 Å². The highest BCUT2D eigenvalue weighted by atomic mass is 16.2. The highest BCUT2D eigenvalue weighted by molar-refractivity contribution is 6.06. The predicted molar refractivity (Wildman–Crippen MR) is 59.3 cm³/mol. The number of fused-ring (bicyclic) bond motifs is 5. The van der Waals surface area contributed by atoms with Crippen molar-refractivity contribution in [1.29, 1.82) is 0 Å². The van der Waals surface area contributed by atoms with Crippen LogP contribution in [0.3, 0.4) is 0 Å². The first kappa shape index (κ1) is 10.1. The summed E-state index contributed by atoms with van der Waals surface area (Å²) in [5.74, 6) is 0.774. The molecule has 2 amide bonds. The number of amides is 2. The fourth-order valence-corrected chi connectivity index (χ4v) is 3.54. The van der Waals surface area contributed by atoms with E-state index in [1.165, 1.54) is 4.90 Å². The van der Waals surface area contributed by atoms with Crippen LogP contribution in [0.15, 0.2) is 12.2 Å². The van der Waals surface area contributed by atoms with Crippen molar-refractivity contribution in [2.45, 2.75) is 32.7 Å². The van der Waals surface area contributed by atoms with E-state index in [-0.39, 0.29) is 29.7 Å². The number of rotatable bonds is 2. The summed E-state index contributed by atoms with van der Waals surface area (Å²) in [7, 11) is 0. The Morgan fingerprint density at radius 1 is 1.25 bits per heavy atom. The number of hydrogen-bond donors (Lipinski definition) is 0. The van der Waals surface area contributed by atoms with Gasteiger partial charge in [-0.1, -0.05) is 19.1 Å². The van der Waals surface area contributed by atoms with Gasteiger partial charge in [0.2, 0.25) is 11.8 Å². The number of imide groups is 1. The number of hydrogen-bond acceptors (Lipinski definition) is 2. The molecule has 0 aromatic carbocycles. The van der Waals surface area contributed by atoms with Gasteiger partial charge in [-0.3, -0.25) is 14.5 Å². The summed E-state index contributed by atoms with van der Waals surface area (Å²) in [4.78, 5) is 26.0. The minimum absolute atomic E-state index is 0.0310. The third-order valence-corrected chi connectivity index (χ3v) is 4.54. The first-order chi connectivity index (χ1) is 7.65. The third kappa shape index (κ3) is 1.04. The smallest absolute Gasteiger partial charge is 0.233 e. The third-order valence-electron chi connectivity index (χ3n) is 4.54. The van der Waals surface area contributed by atoms with Crippen molar-refractivity contribution >= 4 is 11.8 Å². The van der Waals surface area contributed by atoms with E-state index in [0.29, 0.717) is 11.8 Å². The molecule has 86 valence electrons. The van der Waals surface area contributed by atoms with E-state index in [0.717, 1.165) is 12.8 Å². The van der Waals surface area contributed by atoms with Gasteiger partial charge in [0.15, 0.2) is 0 Å². The van der Waals surface area contributed by atoms with Gasteiger partial charge in [0.25, 0.3) is 0 Å². The molecule has 16 heavy (non-hydrogen) atoms. The Balaban J connectivity index is 1.94. The molecule has 0 aromatic rings. The second-order valence-electron chi connectivity index (χ2n) is 5.30. The van der Waals surface area contributed by atoms with Crippen molar-refractivity contribution in [2.24, 2.45) is 23.7 Å². The quantitative estimate of drug-likeness (QED) is 0.522. The molecule has 1 saturated heterocycles. The molecule has 1 aliphatic heterocycles. The Bertz CT molecular complexity index is 357. The van der Waals surface area contributed by atoms with Gasteiger partial charge in [0.1, 0.15) is 0 Å². The van der Waals surface area contributed by atoms with Crippen molar-refractivity contribution in [3.63, 3.8) is 0 Å². The summed E-state index contributed by atoms with van der Waals surface area (Å²) in [6.07, 6.45) is 6.13. The van der Waals surface area contributed by atoms with Crippen LogP contribution in [0.4, 0.5) is 0 Å². The van der Waals surface area contributed by atoms with E-state index in [1.807, 2.05) is 13.8 Å². The maximum absolute atomic E-state index is 12.3. The summed E-state index contributed by atoms with van der Waals surface area (Å²) in [6, 6.07) is 0.0602. The SMILES string of the molecule is CCC(C)N1C(=O)C2C3C=CC(C3)C2C1=O. The molecule has 3 heteroatoms. The molecule has 5 atom stereocenters. The zero-order valence-corrected chi connectivity index (χ0v) is 9.72. The average molecular weight is 219 g/mol. The van der Waals surface area contributed by atoms with E-state index < -0.39 is 0 Å².